The van der Waals surface area contributed by atoms with E-state index in [1.165, 1.54) is 4.90 Å². The number of pyridine rings is 1. The number of fused-ring (bicyclic) bond motifs is 1. The summed E-state index contributed by atoms with van der Waals surface area (Å²) in [5, 5.41) is 15.1. The topological polar surface area (TPSA) is 113 Å². The summed E-state index contributed by atoms with van der Waals surface area (Å²) < 4.78 is 7.94. The lowest BCUT2D eigenvalue weighted by atomic mass is 9.92. The number of aromatic nitrogens is 3. The predicted octanol–water partition coefficient (Wildman–Crippen LogP) is 7.56. The number of hydrogen-bond acceptors (Lipinski definition) is 5. The number of rotatable bonds is 6. The minimum atomic E-state index is -0.400. The maximum absolute atomic E-state index is 13.3. The largest absolute Gasteiger partial charge is 0.457 e. The van der Waals surface area contributed by atoms with Gasteiger partial charge in [-0.3, -0.25) is 10.6 Å². The normalized spacial score (nSPS) is 11.2. The molecule has 0 atom stereocenters. The smallest absolute Gasteiger partial charge is 0.324 e. The molecule has 5 rings (SSSR count). The van der Waals surface area contributed by atoms with E-state index < -0.39 is 6.03 Å². The Morgan fingerprint density at radius 1 is 0.860 bits per heavy atom. The van der Waals surface area contributed by atoms with Crippen LogP contribution in [0.3, 0.4) is 0 Å². The number of amides is 4. The van der Waals surface area contributed by atoms with Crippen molar-refractivity contribution in [3.05, 3.63) is 96.3 Å². The molecule has 10 heteroatoms. The lowest BCUT2D eigenvalue weighted by Gasteiger charge is -2.15. The van der Waals surface area contributed by atoms with Crippen molar-refractivity contribution in [1.82, 2.24) is 19.7 Å². The molecule has 0 radical (unpaired) electrons. The molecule has 3 aromatic carbocycles. The van der Waals surface area contributed by atoms with Crippen LogP contribution >= 0.6 is 0 Å². The van der Waals surface area contributed by atoms with Gasteiger partial charge in [0.05, 0.1) is 17.1 Å². The average molecular weight is 578 g/mol. The molecule has 0 unspecified atom stereocenters. The molecule has 2 heterocycles. The second kappa shape index (κ2) is 11.8. The molecule has 0 aliphatic rings. The van der Waals surface area contributed by atoms with Gasteiger partial charge in [-0.05, 0) is 37.3 Å². The second-order valence-corrected chi connectivity index (χ2v) is 11.5. The van der Waals surface area contributed by atoms with E-state index in [1.807, 2.05) is 61.5 Å². The Balaban J connectivity index is 1.39. The van der Waals surface area contributed by atoms with Crippen LogP contribution in [0.2, 0.25) is 0 Å². The van der Waals surface area contributed by atoms with Gasteiger partial charge in [0.1, 0.15) is 23.1 Å². The average Bonchev–Trinajstić information content (AvgIpc) is 3.39. The SMILES string of the molecule is Cc1ccc(-n2nc(C(C)(C)C)cc2NC(=O)Nc2ccc(Oc3ccnc(NC(=O)N(C)C)c3)c3ccccc23)cc1. The molecular formula is C33H35N7O3. The molecule has 0 aliphatic heterocycles. The van der Waals surface area contributed by atoms with Crippen molar-refractivity contribution in [2.75, 3.05) is 30.0 Å². The molecule has 0 spiro atoms. The molecule has 0 fully saturated rings. The summed E-state index contributed by atoms with van der Waals surface area (Å²) in [6, 6.07) is 23.8. The molecule has 2 aromatic heterocycles. The molecule has 4 amide bonds. The summed E-state index contributed by atoms with van der Waals surface area (Å²) in [7, 11) is 3.30. The van der Waals surface area contributed by atoms with E-state index in [0.717, 1.165) is 27.7 Å². The summed E-state index contributed by atoms with van der Waals surface area (Å²) in [4.78, 5) is 31.0. The quantitative estimate of drug-likeness (QED) is 0.193. The standard InChI is InChI=1S/C33H35N7O3/c1-21-11-13-22(14-12-21)40-30(20-28(38-40)33(2,3)4)37-31(41)35-26-15-16-27(25-10-8-7-9-24(25)26)43-23-17-18-34-29(19-23)36-32(42)39(5)6/h7-20H,1-6H3,(H,34,36,42)(H2,35,37,41). The van der Waals surface area contributed by atoms with Crippen LogP contribution in [-0.4, -0.2) is 45.8 Å². The highest BCUT2D eigenvalue weighted by atomic mass is 16.5. The fourth-order valence-electron chi connectivity index (χ4n) is 4.35. The number of carbonyl (C=O) groups is 2. The van der Waals surface area contributed by atoms with Gasteiger partial charge in [-0.15, -0.1) is 0 Å². The van der Waals surface area contributed by atoms with Crippen LogP contribution in [0.1, 0.15) is 32.0 Å². The fraction of sp³-hybridized carbons (Fsp3) is 0.212. The van der Waals surface area contributed by atoms with Gasteiger partial charge in [0.25, 0.3) is 0 Å². The second-order valence-electron chi connectivity index (χ2n) is 11.5. The summed E-state index contributed by atoms with van der Waals surface area (Å²) >= 11 is 0. The predicted molar refractivity (Wildman–Crippen MR) is 171 cm³/mol. The first-order valence-corrected chi connectivity index (χ1v) is 13.9. The number of benzene rings is 3. The Morgan fingerprint density at radius 3 is 2.28 bits per heavy atom. The molecular weight excluding hydrogens is 542 g/mol. The zero-order valence-electron chi connectivity index (χ0n) is 25.1. The van der Waals surface area contributed by atoms with Crippen molar-refractivity contribution in [3.63, 3.8) is 0 Å². The van der Waals surface area contributed by atoms with E-state index in [0.29, 0.717) is 28.8 Å². The highest BCUT2D eigenvalue weighted by Gasteiger charge is 2.22. The van der Waals surface area contributed by atoms with Crippen molar-refractivity contribution in [2.24, 2.45) is 0 Å². The van der Waals surface area contributed by atoms with Gasteiger partial charge in [-0.1, -0.05) is 62.7 Å². The van der Waals surface area contributed by atoms with Crippen LogP contribution in [-0.2, 0) is 5.41 Å². The maximum Gasteiger partial charge on any atom is 0.324 e. The van der Waals surface area contributed by atoms with Crippen molar-refractivity contribution in [2.45, 2.75) is 33.1 Å². The number of hydrogen-bond donors (Lipinski definition) is 3. The first-order chi connectivity index (χ1) is 20.5. The van der Waals surface area contributed by atoms with Crippen LogP contribution in [0.15, 0.2) is 85.1 Å². The monoisotopic (exact) mass is 577 g/mol. The van der Waals surface area contributed by atoms with Crippen LogP contribution in [0.4, 0.5) is 26.9 Å². The third-order valence-electron chi connectivity index (χ3n) is 6.73. The molecule has 220 valence electrons. The van der Waals surface area contributed by atoms with E-state index >= 15 is 0 Å². The van der Waals surface area contributed by atoms with E-state index in [-0.39, 0.29) is 11.4 Å². The minimum absolute atomic E-state index is 0.206. The summed E-state index contributed by atoms with van der Waals surface area (Å²) in [5.41, 5.74) is 3.26. The third kappa shape index (κ3) is 6.75. The Bertz CT molecular complexity index is 1790. The fourth-order valence-corrected chi connectivity index (χ4v) is 4.35. The van der Waals surface area contributed by atoms with Crippen molar-refractivity contribution >= 4 is 40.2 Å². The molecule has 0 saturated heterocycles. The molecule has 5 aromatic rings. The number of ether oxygens (including phenoxy) is 1. The molecule has 43 heavy (non-hydrogen) atoms. The third-order valence-corrected chi connectivity index (χ3v) is 6.73. The zero-order valence-corrected chi connectivity index (χ0v) is 25.1. The molecule has 0 aliphatic carbocycles. The number of carbonyl (C=O) groups excluding carboxylic acids is 2. The first kappa shape index (κ1) is 29.1. The summed E-state index contributed by atoms with van der Waals surface area (Å²) in [5.74, 6) is 2.02. The van der Waals surface area contributed by atoms with Crippen LogP contribution in [0.25, 0.3) is 16.5 Å². The van der Waals surface area contributed by atoms with Gasteiger partial charge in [-0.2, -0.15) is 5.10 Å². The number of urea groups is 2. The highest BCUT2D eigenvalue weighted by Crippen LogP contribution is 2.35. The zero-order chi connectivity index (χ0) is 30.7. The van der Waals surface area contributed by atoms with Crippen LogP contribution < -0.4 is 20.7 Å². The molecule has 0 bridgehead atoms. The van der Waals surface area contributed by atoms with Crippen LogP contribution in [0, 0.1) is 6.92 Å². The number of nitrogens with zero attached hydrogens (tertiary/aromatic N) is 4. The molecule has 3 N–H and O–H groups in total. The highest BCUT2D eigenvalue weighted by molar-refractivity contribution is 6.07. The summed E-state index contributed by atoms with van der Waals surface area (Å²) in [6.07, 6.45) is 1.56. The minimum Gasteiger partial charge on any atom is -0.457 e. The van der Waals surface area contributed by atoms with Gasteiger partial charge < -0.3 is 15.0 Å². The van der Waals surface area contributed by atoms with Gasteiger partial charge in [-0.25, -0.2) is 19.3 Å². The lowest BCUT2D eigenvalue weighted by Crippen LogP contribution is -2.27. The molecule has 10 nitrogen and oxygen atoms in total. The maximum atomic E-state index is 13.3. The summed E-state index contributed by atoms with van der Waals surface area (Å²) in [6.45, 7) is 8.28. The van der Waals surface area contributed by atoms with Crippen molar-refractivity contribution in [3.8, 4) is 17.2 Å². The van der Waals surface area contributed by atoms with E-state index in [9.17, 15) is 9.59 Å². The lowest BCUT2D eigenvalue weighted by molar-refractivity contribution is 0.230. The van der Waals surface area contributed by atoms with E-state index in [4.69, 9.17) is 9.84 Å². The Kier molecular flexibility index (Phi) is 8.03. The Morgan fingerprint density at radius 2 is 1.58 bits per heavy atom. The first-order valence-electron chi connectivity index (χ1n) is 13.9. The van der Waals surface area contributed by atoms with Gasteiger partial charge in [0, 0.05) is 48.6 Å². The Hall–Kier alpha value is -5.38. The molecule has 0 saturated carbocycles. The number of nitrogens with one attached hydrogen (secondary N) is 3. The van der Waals surface area contributed by atoms with Gasteiger partial charge >= 0.3 is 12.1 Å². The number of aryl methyl sites for hydroxylation is 1. The van der Waals surface area contributed by atoms with Gasteiger partial charge in [0.15, 0.2) is 0 Å². The van der Waals surface area contributed by atoms with Gasteiger partial charge in [0.2, 0.25) is 0 Å². The van der Waals surface area contributed by atoms with E-state index in [1.54, 1.807) is 49.2 Å². The van der Waals surface area contributed by atoms with E-state index in [2.05, 4.69) is 41.7 Å². The van der Waals surface area contributed by atoms with Crippen LogP contribution in [0.5, 0.6) is 11.5 Å². The number of anilines is 3. The Labute approximate surface area is 250 Å². The van der Waals surface area contributed by atoms with Crippen molar-refractivity contribution in [1.29, 1.82) is 0 Å². The van der Waals surface area contributed by atoms with Crippen molar-refractivity contribution < 1.29 is 14.3 Å².